The largest absolute Gasteiger partial charge is 0.462 e. The van der Waals surface area contributed by atoms with E-state index in [1.165, 1.54) is 5.56 Å². The Morgan fingerprint density at radius 3 is 2.87 bits per heavy atom. The van der Waals surface area contributed by atoms with Crippen molar-refractivity contribution in [1.82, 2.24) is 15.0 Å². The van der Waals surface area contributed by atoms with Gasteiger partial charge in [-0.25, -0.2) is 9.78 Å². The first-order valence-corrected chi connectivity index (χ1v) is 10.1. The van der Waals surface area contributed by atoms with E-state index in [1.54, 1.807) is 35.5 Å². The normalized spacial score (nSPS) is 12.7. The number of anilines is 1. The number of pyridine rings is 1. The zero-order chi connectivity index (χ0) is 21.2. The van der Waals surface area contributed by atoms with Crippen molar-refractivity contribution in [2.75, 3.05) is 18.1 Å². The molecule has 1 amide bonds. The van der Waals surface area contributed by atoms with Crippen LogP contribution in [0.25, 0.3) is 22.4 Å². The lowest BCUT2D eigenvalue weighted by atomic mass is 10.2. The first kappa shape index (κ1) is 19.0. The first-order valence-electron chi connectivity index (χ1n) is 10.1. The van der Waals surface area contributed by atoms with E-state index < -0.39 is 5.97 Å². The van der Waals surface area contributed by atoms with Gasteiger partial charge in [-0.3, -0.25) is 9.78 Å². The number of aromatic amines is 1. The molecular formula is C24H20N4O3. The Morgan fingerprint density at radius 2 is 2.00 bits per heavy atom. The van der Waals surface area contributed by atoms with Crippen LogP contribution in [0.1, 0.15) is 22.3 Å². The Labute approximate surface area is 178 Å². The number of nitrogens with zero attached hydrogens (tertiary/aromatic N) is 3. The smallest absolute Gasteiger partial charge is 0.338 e. The number of rotatable bonds is 5. The summed E-state index contributed by atoms with van der Waals surface area (Å²) >= 11 is 0. The van der Waals surface area contributed by atoms with Gasteiger partial charge < -0.3 is 14.6 Å². The van der Waals surface area contributed by atoms with Crippen LogP contribution in [0.5, 0.6) is 0 Å². The van der Waals surface area contributed by atoms with Crippen molar-refractivity contribution in [2.24, 2.45) is 0 Å². The van der Waals surface area contributed by atoms with E-state index in [4.69, 9.17) is 4.74 Å². The molecule has 0 saturated carbocycles. The van der Waals surface area contributed by atoms with E-state index in [1.807, 2.05) is 36.4 Å². The molecule has 154 valence electrons. The fourth-order valence-corrected chi connectivity index (χ4v) is 3.82. The number of fused-ring (bicyclic) bond motifs is 2. The molecule has 7 nitrogen and oxygen atoms in total. The predicted molar refractivity (Wildman–Crippen MR) is 117 cm³/mol. The number of hydrogen-bond donors (Lipinski definition) is 1. The van der Waals surface area contributed by atoms with Crippen molar-refractivity contribution in [1.29, 1.82) is 0 Å². The fourth-order valence-electron chi connectivity index (χ4n) is 3.82. The van der Waals surface area contributed by atoms with Crippen molar-refractivity contribution in [2.45, 2.75) is 12.8 Å². The summed E-state index contributed by atoms with van der Waals surface area (Å²) in [6.07, 6.45) is 4.43. The Kier molecular flexibility index (Phi) is 4.92. The third kappa shape index (κ3) is 3.77. The van der Waals surface area contributed by atoms with E-state index in [9.17, 15) is 9.59 Å². The zero-order valence-electron chi connectivity index (χ0n) is 16.7. The molecule has 3 heterocycles. The molecule has 4 aromatic rings. The molecule has 7 heteroatoms. The van der Waals surface area contributed by atoms with Crippen LogP contribution >= 0.6 is 0 Å². The zero-order valence-corrected chi connectivity index (χ0v) is 16.7. The second-order valence-corrected chi connectivity index (χ2v) is 7.37. The van der Waals surface area contributed by atoms with Gasteiger partial charge in [-0.2, -0.15) is 0 Å². The number of esters is 1. The summed E-state index contributed by atoms with van der Waals surface area (Å²) < 4.78 is 5.36. The average molecular weight is 412 g/mol. The van der Waals surface area contributed by atoms with Crippen LogP contribution in [-0.4, -0.2) is 40.0 Å². The summed E-state index contributed by atoms with van der Waals surface area (Å²) in [5.74, 6) is 0.182. The minimum absolute atomic E-state index is 0.0390. The topological polar surface area (TPSA) is 88.2 Å². The highest BCUT2D eigenvalue weighted by molar-refractivity contribution is 5.96. The van der Waals surface area contributed by atoms with Gasteiger partial charge in [0.1, 0.15) is 12.4 Å². The molecule has 0 atom stereocenters. The van der Waals surface area contributed by atoms with Crippen LogP contribution in [-0.2, 0) is 16.0 Å². The Balaban J connectivity index is 1.22. The standard InChI is InChI=1S/C24H20N4O3/c29-22(28-12-9-16-4-1-2-6-21(16)28)10-13-31-24(30)17-7-8-19-20(14-17)27-23(26-19)18-5-3-11-25-15-18/h1-8,11,14-15H,9-10,12-13H2,(H,26,27). The van der Waals surface area contributed by atoms with Gasteiger partial charge >= 0.3 is 5.97 Å². The number of nitrogens with one attached hydrogen (secondary N) is 1. The quantitative estimate of drug-likeness (QED) is 0.504. The van der Waals surface area contributed by atoms with E-state index in [2.05, 4.69) is 15.0 Å². The molecule has 0 radical (unpaired) electrons. The highest BCUT2D eigenvalue weighted by Gasteiger charge is 2.24. The average Bonchev–Trinajstić information content (AvgIpc) is 3.43. The van der Waals surface area contributed by atoms with Gasteiger partial charge in [0.25, 0.3) is 0 Å². The molecule has 0 fully saturated rings. The van der Waals surface area contributed by atoms with E-state index in [0.29, 0.717) is 17.9 Å². The predicted octanol–water partition coefficient (Wildman–Crippen LogP) is 3.76. The molecular weight excluding hydrogens is 392 g/mol. The summed E-state index contributed by atoms with van der Waals surface area (Å²) in [5.41, 5.74) is 4.88. The second-order valence-electron chi connectivity index (χ2n) is 7.37. The molecule has 31 heavy (non-hydrogen) atoms. The Bertz CT molecular complexity index is 1270. The van der Waals surface area contributed by atoms with Crippen molar-refractivity contribution in [3.05, 3.63) is 78.1 Å². The number of carbonyl (C=O) groups is 2. The lowest BCUT2D eigenvalue weighted by Gasteiger charge is -2.17. The summed E-state index contributed by atoms with van der Waals surface area (Å²) in [6.45, 7) is 0.708. The van der Waals surface area contributed by atoms with Gasteiger partial charge in [-0.05, 0) is 48.4 Å². The van der Waals surface area contributed by atoms with Gasteiger partial charge in [0, 0.05) is 30.2 Å². The van der Waals surface area contributed by atoms with Crippen LogP contribution < -0.4 is 4.90 Å². The maximum Gasteiger partial charge on any atom is 0.338 e. The highest BCUT2D eigenvalue weighted by Crippen LogP contribution is 2.28. The summed E-state index contributed by atoms with van der Waals surface area (Å²) in [5, 5.41) is 0. The maximum absolute atomic E-state index is 12.6. The summed E-state index contributed by atoms with van der Waals surface area (Å²) in [7, 11) is 0. The van der Waals surface area contributed by atoms with Crippen molar-refractivity contribution in [3.63, 3.8) is 0 Å². The van der Waals surface area contributed by atoms with Crippen molar-refractivity contribution < 1.29 is 14.3 Å². The van der Waals surface area contributed by atoms with Crippen LogP contribution in [0.2, 0.25) is 0 Å². The van der Waals surface area contributed by atoms with Crippen molar-refractivity contribution in [3.8, 4) is 11.4 Å². The highest BCUT2D eigenvalue weighted by atomic mass is 16.5. The fraction of sp³-hybridized carbons (Fsp3) is 0.167. The molecule has 2 aromatic heterocycles. The molecule has 1 aliphatic rings. The lowest BCUT2D eigenvalue weighted by Crippen LogP contribution is -2.29. The Morgan fingerprint density at radius 1 is 1.10 bits per heavy atom. The number of carbonyl (C=O) groups excluding carboxylic acids is 2. The monoisotopic (exact) mass is 412 g/mol. The van der Waals surface area contributed by atoms with Gasteiger partial charge in [-0.1, -0.05) is 18.2 Å². The van der Waals surface area contributed by atoms with Gasteiger partial charge in [0.15, 0.2) is 0 Å². The minimum atomic E-state index is -0.464. The van der Waals surface area contributed by atoms with Crippen molar-refractivity contribution >= 4 is 28.6 Å². The number of para-hydroxylation sites is 1. The van der Waals surface area contributed by atoms with E-state index in [-0.39, 0.29) is 18.9 Å². The number of imidazole rings is 1. The molecule has 1 N–H and O–H groups in total. The van der Waals surface area contributed by atoms with Crippen LogP contribution in [0.4, 0.5) is 5.69 Å². The van der Waals surface area contributed by atoms with Crippen LogP contribution in [0, 0.1) is 0 Å². The van der Waals surface area contributed by atoms with E-state index in [0.717, 1.165) is 28.7 Å². The molecule has 0 saturated heterocycles. The SMILES string of the molecule is O=C(OCCC(=O)N1CCc2ccccc21)c1ccc2nc(-c3cccnc3)[nH]c2c1. The third-order valence-corrected chi connectivity index (χ3v) is 5.39. The molecule has 1 aliphatic heterocycles. The molecule has 0 bridgehead atoms. The number of aromatic nitrogens is 3. The number of ether oxygens (including phenoxy) is 1. The number of hydrogen-bond acceptors (Lipinski definition) is 5. The van der Waals surface area contributed by atoms with Crippen LogP contribution in [0.15, 0.2) is 67.0 Å². The number of amides is 1. The number of H-pyrrole nitrogens is 1. The number of benzene rings is 2. The van der Waals surface area contributed by atoms with Gasteiger partial charge in [0.05, 0.1) is 23.0 Å². The summed E-state index contributed by atoms with van der Waals surface area (Å²) in [6, 6.07) is 16.8. The second kappa shape index (κ2) is 8.02. The molecule has 0 aliphatic carbocycles. The minimum Gasteiger partial charge on any atom is -0.462 e. The lowest BCUT2D eigenvalue weighted by molar-refractivity contribution is -0.119. The third-order valence-electron chi connectivity index (χ3n) is 5.39. The van der Waals surface area contributed by atoms with Crippen LogP contribution in [0.3, 0.4) is 0 Å². The summed E-state index contributed by atoms with van der Waals surface area (Å²) in [4.78, 5) is 38.6. The maximum atomic E-state index is 12.6. The van der Waals surface area contributed by atoms with Gasteiger partial charge in [-0.15, -0.1) is 0 Å². The molecule has 5 rings (SSSR count). The molecule has 0 unspecified atom stereocenters. The van der Waals surface area contributed by atoms with Gasteiger partial charge in [0.2, 0.25) is 5.91 Å². The molecule has 2 aromatic carbocycles. The Hall–Kier alpha value is -4.00. The molecule has 0 spiro atoms. The first-order chi connectivity index (χ1) is 15.2. The van der Waals surface area contributed by atoms with E-state index >= 15 is 0 Å².